The molecular formula is C22H19ClFN5O4. The second kappa shape index (κ2) is 10.1. The van der Waals surface area contributed by atoms with E-state index in [1.165, 1.54) is 13.2 Å². The molecular weight excluding hydrogens is 453 g/mol. The number of halogens is 2. The fourth-order valence-corrected chi connectivity index (χ4v) is 3.32. The molecule has 4 aromatic rings. The minimum Gasteiger partial charge on any atom is -0.486 e. The van der Waals surface area contributed by atoms with E-state index in [2.05, 4.69) is 29.9 Å². The summed E-state index contributed by atoms with van der Waals surface area (Å²) in [5.74, 6) is 0.327. The zero-order chi connectivity index (χ0) is 23.2. The van der Waals surface area contributed by atoms with E-state index in [-0.39, 0.29) is 24.3 Å². The van der Waals surface area contributed by atoms with E-state index in [0.717, 1.165) is 5.56 Å². The fourth-order valence-electron chi connectivity index (χ4n) is 3.06. The average molecular weight is 472 g/mol. The summed E-state index contributed by atoms with van der Waals surface area (Å²) < 4.78 is 29.3. The van der Waals surface area contributed by atoms with Crippen LogP contribution >= 0.6 is 11.6 Å². The highest BCUT2D eigenvalue weighted by atomic mass is 35.5. The smallest absolute Gasteiger partial charge is 0.439 e. The highest BCUT2D eigenvalue weighted by Gasteiger charge is 2.11. The van der Waals surface area contributed by atoms with Crippen molar-refractivity contribution < 1.29 is 18.4 Å². The van der Waals surface area contributed by atoms with Gasteiger partial charge >= 0.3 is 11.8 Å². The van der Waals surface area contributed by atoms with E-state index in [1.54, 1.807) is 36.4 Å². The number of H-pyrrole nitrogens is 1. The molecule has 0 bridgehead atoms. The summed E-state index contributed by atoms with van der Waals surface area (Å²) in [4.78, 5) is 22.1. The predicted octanol–water partition coefficient (Wildman–Crippen LogP) is 3.85. The van der Waals surface area contributed by atoms with Gasteiger partial charge < -0.3 is 14.8 Å². The van der Waals surface area contributed by atoms with Crippen LogP contribution in [0, 0.1) is 5.82 Å². The molecule has 33 heavy (non-hydrogen) atoms. The zero-order valence-electron chi connectivity index (χ0n) is 17.5. The number of nitrogens with one attached hydrogen (secondary N) is 2. The number of rotatable bonds is 9. The third kappa shape index (κ3) is 5.66. The van der Waals surface area contributed by atoms with Crippen LogP contribution in [0.25, 0.3) is 11.3 Å². The Bertz CT molecular complexity index is 1290. The van der Waals surface area contributed by atoms with E-state index in [1.807, 2.05) is 6.07 Å². The molecule has 11 heteroatoms. The number of benzene rings is 2. The first-order valence-electron chi connectivity index (χ1n) is 9.90. The first-order valence-corrected chi connectivity index (χ1v) is 10.3. The molecule has 2 aromatic carbocycles. The van der Waals surface area contributed by atoms with Crippen LogP contribution in [0.2, 0.25) is 5.02 Å². The average Bonchev–Trinajstić information content (AvgIpc) is 3.24. The molecule has 4 rings (SSSR count). The van der Waals surface area contributed by atoms with E-state index >= 15 is 0 Å². The normalized spacial score (nSPS) is 10.8. The van der Waals surface area contributed by atoms with Crippen molar-refractivity contribution in [3.8, 4) is 23.0 Å². The van der Waals surface area contributed by atoms with Gasteiger partial charge in [0.25, 0.3) is 0 Å². The van der Waals surface area contributed by atoms with E-state index in [9.17, 15) is 9.18 Å². The first kappa shape index (κ1) is 22.3. The molecule has 2 aromatic heterocycles. The lowest BCUT2D eigenvalue weighted by atomic mass is 10.1. The van der Waals surface area contributed by atoms with Gasteiger partial charge in [0.1, 0.15) is 24.0 Å². The van der Waals surface area contributed by atoms with Crippen LogP contribution in [0.15, 0.2) is 57.8 Å². The maximum absolute atomic E-state index is 14.0. The molecule has 9 nitrogen and oxygen atoms in total. The van der Waals surface area contributed by atoms with Crippen LogP contribution in [-0.2, 0) is 13.0 Å². The predicted molar refractivity (Wildman–Crippen MR) is 119 cm³/mol. The van der Waals surface area contributed by atoms with Gasteiger partial charge in [-0.15, -0.1) is 0 Å². The molecule has 2 heterocycles. The Morgan fingerprint density at radius 2 is 2.03 bits per heavy atom. The quantitative estimate of drug-likeness (QED) is 0.378. The Labute approximate surface area is 192 Å². The Balaban J connectivity index is 1.48. The molecule has 0 radical (unpaired) electrons. The summed E-state index contributed by atoms with van der Waals surface area (Å²) in [5, 5.41) is 7.10. The molecule has 0 fully saturated rings. The number of aromatic amines is 1. The third-order valence-corrected chi connectivity index (χ3v) is 4.98. The minimum atomic E-state index is -0.646. The van der Waals surface area contributed by atoms with Gasteiger partial charge in [0, 0.05) is 28.8 Å². The van der Waals surface area contributed by atoms with Gasteiger partial charge in [-0.05, 0) is 30.7 Å². The van der Waals surface area contributed by atoms with Gasteiger partial charge in [-0.1, -0.05) is 35.0 Å². The number of aromatic nitrogens is 4. The van der Waals surface area contributed by atoms with Crippen molar-refractivity contribution in [1.29, 1.82) is 0 Å². The van der Waals surface area contributed by atoms with Gasteiger partial charge in [-0.3, -0.25) is 9.51 Å². The third-order valence-electron chi connectivity index (χ3n) is 4.62. The number of hydrogen-bond donors (Lipinski definition) is 2. The number of methoxy groups -OCH3 is 1. The molecule has 0 spiro atoms. The van der Waals surface area contributed by atoms with Crippen molar-refractivity contribution >= 4 is 17.4 Å². The molecule has 0 aliphatic heterocycles. The van der Waals surface area contributed by atoms with E-state index in [0.29, 0.717) is 40.8 Å². The SMILES string of the molecule is COc1nc(NCCc2c(F)cccc2Cl)cc(-c2cccc(OCc3noc(=O)[nH]3)c2)n1. The maximum Gasteiger partial charge on any atom is 0.439 e. The highest BCUT2D eigenvalue weighted by molar-refractivity contribution is 6.31. The van der Waals surface area contributed by atoms with Gasteiger partial charge in [-0.25, -0.2) is 9.18 Å². The maximum atomic E-state index is 14.0. The summed E-state index contributed by atoms with van der Waals surface area (Å²) in [6.07, 6.45) is 0.376. The molecule has 0 aliphatic carbocycles. The van der Waals surface area contributed by atoms with E-state index in [4.69, 9.17) is 21.1 Å². The standard InChI is InChI=1S/C22H19ClFN5O4/c1-31-21-26-18(11-19(27-21)25-9-8-15-16(23)6-3-7-17(15)24)13-4-2-5-14(10-13)32-12-20-28-22(30)33-29-20/h2-7,10-11H,8-9,12H2,1H3,(H,25,26,27)(H,28,29,30). The van der Waals surface area contributed by atoms with Crippen LogP contribution in [0.3, 0.4) is 0 Å². The Morgan fingerprint density at radius 1 is 1.18 bits per heavy atom. The lowest BCUT2D eigenvalue weighted by Gasteiger charge is -2.11. The summed E-state index contributed by atoms with van der Waals surface area (Å²) in [5.41, 5.74) is 1.78. The van der Waals surface area contributed by atoms with Crippen molar-refractivity contribution in [2.24, 2.45) is 0 Å². The summed E-state index contributed by atoms with van der Waals surface area (Å²) >= 11 is 6.09. The summed E-state index contributed by atoms with van der Waals surface area (Å²) in [7, 11) is 1.47. The van der Waals surface area contributed by atoms with Crippen LogP contribution in [0.1, 0.15) is 11.4 Å². The molecule has 0 atom stereocenters. The van der Waals surface area contributed by atoms with Crippen molar-refractivity contribution in [3.63, 3.8) is 0 Å². The molecule has 0 unspecified atom stereocenters. The van der Waals surface area contributed by atoms with E-state index < -0.39 is 5.76 Å². The largest absolute Gasteiger partial charge is 0.486 e. The second-order valence-electron chi connectivity index (χ2n) is 6.86. The topological polar surface area (TPSA) is 115 Å². The zero-order valence-corrected chi connectivity index (χ0v) is 18.2. The van der Waals surface area contributed by atoms with Gasteiger partial charge in [-0.2, -0.15) is 9.97 Å². The van der Waals surface area contributed by atoms with Gasteiger partial charge in [0.15, 0.2) is 5.82 Å². The number of ether oxygens (including phenoxy) is 2. The Kier molecular flexibility index (Phi) is 6.84. The lowest BCUT2D eigenvalue weighted by Crippen LogP contribution is -2.09. The van der Waals surface area contributed by atoms with Gasteiger partial charge in [0.2, 0.25) is 0 Å². The molecule has 0 aliphatic rings. The van der Waals surface area contributed by atoms with Crippen LogP contribution in [0.5, 0.6) is 11.8 Å². The molecule has 0 saturated heterocycles. The minimum absolute atomic E-state index is 0.0354. The molecule has 0 saturated carbocycles. The monoisotopic (exact) mass is 471 g/mol. The Morgan fingerprint density at radius 3 is 2.79 bits per heavy atom. The van der Waals surface area contributed by atoms with Crippen molar-refractivity contribution in [2.75, 3.05) is 19.0 Å². The number of hydrogen-bond acceptors (Lipinski definition) is 8. The fraction of sp³-hybridized carbons (Fsp3) is 0.182. The Hall–Kier alpha value is -3.92. The van der Waals surface area contributed by atoms with Gasteiger partial charge in [0.05, 0.1) is 12.8 Å². The highest BCUT2D eigenvalue weighted by Crippen LogP contribution is 2.26. The molecule has 2 N–H and O–H groups in total. The molecule has 0 amide bonds. The van der Waals surface area contributed by atoms with Crippen molar-refractivity contribution in [1.82, 2.24) is 20.1 Å². The van der Waals surface area contributed by atoms with Crippen LogP contribution < -0.4 is 20.5 Å². The van der Waals surface area contributed by atoms with Crippen LogP contribution in [0.4, 0.5) is 10.2 Å². The lowest BCUT2D eigenvalue weighted by molar-refractivity contribution is 0.285. The second-order valence-corrected chi connectivity index (χ2v) is 7.27. The van der Waals surface area contributed by atoms with Crippen molar-refractivity contribution in [3.05, 3.63) is 81.3 Å². The first-order chi connectivity index (χ1) is 16.0. The molecule has 170 valence electrons. The number of nitrogens with zero attached hydrogens (tertiary/aromatic N) is 3. The summed E-state index contributed by atoms with van der Waals surface area (Å²) in [6, 6.07) is 13.7. The van der Waals surface area contributed by atoms with Crippen molar-refractivity contribution in [2.45, 2.75) is 13.0 Å². The number of anilines is 1. The van der Waals surface area contributed by atoms with Crippen LogP contribution in [-0.4, -0.2) is 33.8 Å². The summed E-state index contributed by atoms with van der Waals surface area (Å²) in [6.45, 7) is 0.438.